The van der Waals surface area contributed by atoms with Gasteiger partial charge in [-0.1, -0.05) is 25.2 Å². The lowest BCUT2D eigenvalue weighted by molar-refractivity contribution is 0.112. The minimum Gasteiger partial charge on any atom is -0.343 e. The summed E-state index contributed by atoms with van der Waals surface area (Å²) in [5, 5.41) is 0.768. The van der Waals surface area contributed by atoms with Crippen molar-refractivity contribution in [2.75, 3.05) is 23.0 Å². The van der Waals surface area contributed by atoms with Crippen LogP contribution < -0.4 is 4.90 Å². The number of hydrogen-bond donors (Lipinski definition) is 0. The highest BCUT2D eigenvalue weighted by Crippen LogP contribution is 2.33. The minimum atomic E-state index is -2.94. The summed E-state index contributed by atoms with van der Waals surface area (Å²) in [5.74, 6) is 0.553. The van der Waals surface area contributed by atoms with Crippen LogP contribution in [0.1, 0.15) is 48.5 Å². The maximum Gasteiger partial charge on any atom is 0.186 e. The summed E-state index contributed by atoms with van der Waals surface area (Å²) in [5.41, 5.74) is 0.836. The molecule has 0 bridgehead atoms. The summed E-state index contributed by atoms with van der Waals surface area (Å²) in [6.07, 6.45) is 1.78. The fraction of sp³-hybridized carbons (Fsp3) is 0.692. The molecule has 2 rings (SSSR count). The van der Waals surface area contributed by atoms with Gasteiger partial charge in [-0.05, 0) is 19.3 Å². The lowest BCUT2D eigenvalue weighted by atomic mass is 10.0. The predicted molar refractivity (Wildman–Crippen MR) is 81.7 cm³/mol. The summed E-state index contributed by atoms with van der Waals surface area (Å²) in [4.78, 5) is 18.4. The molecule has 2 atom stereocenters. The van der Waals surface area contributed by atoms with Gasteiger partial charge in [0.05, 0.1) is 22.1 Å². The van der Waals surface area contributed by atoms with Gasteiger partial charge in [-0.25, -0.2) is 13.4 Å². The molecule has 0 radical (unpaired) electrons. The number of carbonyl (C=O) groups is 1. The van der Waals surface area contributed by atoms with E-state index in [1.807, 2.05) is 11.8 Å². The first-order valence-electron chi connectivity index (χ1n) is 6.81. The van der Waals surface area contributed by atoms with Crippen LogP contribution in [0, 0.1) is 0 Å². The van der Waals surface area contributed by atoms with Crippen LogP contribution >= 0.6 is 11.3 Å². The average Bonchev–Trinajstić information content (AvgIpc) is 2.80. The maximum atomic E-state index is 11.6. The topological polar surface area (TPSA) is 67.3 Å². The molecular weight excluding hydrogens is 296 g/mol. The molecule has 2 unspecified atom stereocenters. The smallest absolute Gasteiger partial charge is 0.186 e. The zero-order valence-corrected chi connectivity index (χ0v) is 13.6. The van der Waals surface area contributed by atoms with E-state index in [-0.39, 0.29) is 23.5 Å². The van der Waals surface area contributed by atoms with Crippen LogP contribution in [0.3, 0.4) is 0 Å². The molecule has 1 aromatic heterocycles. The molecule has 0 spiro atoms. The molecule has 2 heterocycles. The zero-order valence-electron chi connectivity index (χ0n) is 12.0. The summed E-state index contributed by atoms with van der Waals surface area (Å²) < 4.78 is 23.2. The second kappa shape index (κ2) is 5.81. The van der Waals surface area contributed by atoms with Crippen molar-refractivity contribution in [1.82, 2.24) is 4.98 Å². The van der Waals surface area contributed by atoms with Crippen molar-refractivity contribution in [2.45, 2.75) is 39.2 Å². The van der Waals surface area contributed by atoms with Crippen LogP contribution in [-0.4, -0.2) is 43.8 Å². The molecule has 0 aliphatic carbocycles. The summed E-state index contributed by atoms with van der Waals surface area (Å²) in [7, 11) is -2.94. The van der Waals surface area contributed by atoms with Crippen molar-refractivity contribution in [1.29, 1.82) is 0 Å². The van der Waals surface area contributed by atoms with Gasteiger partial charge >= 0.3 is 0 Å². The number of carbonyl (C=O) groups excluding carboxylic acids is 1. The Bertz CT molecular complexity index is 595. The van der Waals surface area contributed by atoms with E-state index < -0.39 is 9.84 Å². The van der Waals surface area contributed by atoms with Crippen molar-refractivity contribution in [3.63, 3.8) is 0 Å². The second-order valence-corrected chi connectivity index (χ2v) is 8.57. The van der Waals surface area contributed by atoms with Gasteiger partial charge in [-0.15, -0.1) is 0 Å². The molecule has 5 nitrogen and oxygen atoms in total. The zero-order chi connectivity index (χ0) is 14.9. The van der Waals surface area contributed by atoms with E-state index in [1.165, 1.54) is 11.3 Å². The molecule has 1 aromatic rings. The number of rotatable bonds is 4. The van der Waals surface area contributed by atoms with Crippen molar-refractivity contribution < 1.29 is 13.2 Å². The highest BCUT2D eigenvalue weighted by Gasteiger charge is 2.30. The predicted octanol–water partition coefficient (Wildman–Crippen LogP) is 2.09. The highest BCUT2D eigenvalue weighted by molar-refractivity contribution is 7.91. The van der Waals surface area contributed by atoms with Gasteiger partial charge in [0.2, 0.25) is 0 Å². The van der Waals surface area contributed by atoms with Crippen LogP contribution in [-0.2, 0) is 9.84 Å². The van der Waals surface area contributed by atoms with Gasteiger partial charge in [0, 0.05) is 12.6 Å². The van der Waals surface area contributed by atoms with Crippen LogP contribution in [0.25, 0.3) is 0 Å². The van der Waals surface area contributed by atoms with Crippen LogP contribution in [0.5, 0.6) is 0 Å². The first kappa shape index (κ1) is 15.4. The van der Waals surface area contributed by atoms with Crippen molar-refractivity contribution >= 4 is 32.6 Å². The Morgan fingerprint density at radius 2 is 2.25 bits per heavy atom. The highest BCUT2D eigenvalue weighted by atomic mass is 32.2. The second-order valence-electron chi connectivity index (χ2n) is 5.33. The molecular formula is C13H20N2O3S2. The molecule has 1 saturated heterocycles. The largest absolute Gasteiger partial charge is 0.343 e. The number of thiazole rings is 1. The molecule has 1 fully saturated rings. The number of nitrogens with zero attached hydrogens (tertiary/aromatic N) is 2. The van der Waals surface area contributed by atoms with Crippen molar-refractivity contribution in [2.24, 2.45) is 0 Å². The minimum absolute atomic E-state index is 0.0933. The first-order valence-corrected chi connectivity index (χ1v) is 9.44. The number of hydrogen-bond acceptors (Lipinski definition) is 6. The van der Waals surface area contributed by atoms with Crippen LogP contribution in [0.2, 0.25) is 0 Å². The molecule has 0 N–H and O–H groups in total. The number of anilines is 1. The van der Waals surface area contributed by atoms with Crippen molar-refractivity contribution in [3.05, 3.63) is 10.6 Å². The number of aromatic nitrogens is 1. The lowest BCUT2D eigenvalue weighted by Gasteiger charge is -2.32. The standard InChI is InChI=1S/C13H20N2O3S2/c1-4-9(2)12-11(7-16)19-13(14-12)15-5-6-20(17,18)8-10(15)3/h7,9-10H,4-6,8H2,1-3H3. The van der Waals surface area contributed by atoms with E-state index in [0.29, 0.717) is 11.4 Å². The Morgan fingerprint density at radius 1 is 1.55 bits per heavy atom. The summed E-state index contributed by atoms with van der Waals surface area (Å²) in [6, 6.07) is -0.0933. The lowest BCUT2D eigenvalue weighted by Crippen LogP contribution is -2.47. The third-order valence-electron chi connectivity index (χ3n) is 3.77. The van der Waals surface area contributed by atoms with Gasteiger partial charge in [0.25, 0.3) is 0 Å². The van der Waals surface area contributed by atoms with Gasteiger partial charge in [0.1, 0.15) is 0 Å². The van der Waals surface area contributed by atoms with E-state index in [1.54, 1.807) is 0 Å². The third kappa shape index (κ3) is 3.03. The van der Waals surface area contributed by atoms with Gasteiger partial charge in [-0.3, -0.25) is 4.79 Å². The first-order chi connectivity index (χ1) is 9.38. The average molecular weight is 316 g/mol. The molecule has 0 amide bonds. The summed E-state index contributed by atoms with van der Waals surface area (Å²) >= 11 is 1.37. The quantitative estimate of drug-likeness (QED) is 0.796. The Kier molecular flexibility index (Phi) is 4.49. The van der Waals surface area contributed by atoms with E-state index in [0.717, 1.165) is 23.5 Å². The Morgan fingerprint density at radius 3 is 2.80 bits per heavy atom. The van der Waals surface area contributed by atoms with Gasteiger partial charge < -0.3 is 4.90 Å². The molecule has 112 valence electrons. The fourth-order valence-corrected chi connectivity index (χ4v) is 5.05. The SMILES string of the molecule is CCC(C)c1nc(N2CCS(=O)(=O)CC2C)sc1C=O. The number of aldehydes is 1. The Balaban J connectivity index is 2.30. The normalized spacial score (nSPS) is 23.6. The molecule has 0 saturated carbocycles. The Hall–Kier alpha value is -0.950. The van der Waals surface area contributed by atoms with Crippen molar-refractivity contribution in [3.8, 4) is 0 Å². The number of sulfone groups is 1. The van der Waals surface area contributed by atoms with E-state index in [4.69, 9.17) is 0 Å². The molecule has 1 aliphatic heterocycles. The molecule has 20 heavy (non-hydrogen) atoms. The van der Waals surface area contributed by atoms with Gasteiger partial charge in [0.15, 0.2) is 21.3 Å². The molecule has 7 heteroatoms. The van der Waals surface area contributed by atoms with Crippen LogP contribution in [0.15, 0.2) is 0 Å². The van der Waals surface area contributed by atoms with E-state index >= 15 is 0 Å². The van der Waals surface area contributed by atoms with Crippen LogP contribution in [0.4, 0.5) is 5.13 Å². The third-order valence-corrected chi connectivity index (χ3v) is 6.60. The Labute approximate surface area is 123 Å². The summed E-state index contributed by atoms with van der Waals surface area (Å²) in [6.45, 7) is 6.46. The molecule has 0 aromatic carbocycles. The van der Waals surface area contributed by atoms with E-state index in [9.17, 15) is 13.2 Å². The fourth-order valence-electron chi connectivity index (χ4n) is 2.37. The monoisotopic (exact) mass is 316 g/mol. The molecule has 1 aliphatic rings. The van der Waals surface area contributed by atoms with E-state index in [2.05, 4.69) is 18.8 Å². The maximum absolute atomic E-state index is 11.6. The van der Waals surface area contributed by atoms with Gasteiger partial charge in [-0.2, -0.15) is 0 Å².